The number of aryl methyl sites for hydroxylation is 2. The first kappa shape index (κ1) is 13.6. The molecule has 1 heterocycles. The van der Waals surface area contributed by atoms with Crippen LogP contribution < -0.4 is 4.74 Å². The Kier molecular flexibility index (Phi) is 3.60. The van der Waals surface area contributed by atoms with Crippen LogP contribution in [0.2, 0.25) is 0 Å². The van der Waals surface area contributed by atoms with E-state index in [1.807, 2.05) is 6.07 Å². The van der Waals surface area contributed by atoms with Gasteiger partial charge in [-0.15, -0.1) is 5.10 Å². The zero-order valence-corrected chi connectivity index (χ0v) is 11.9. The van der Waals surface area contributed by atoms with Crippen molar-refractivity contribution < 1.29 is 14.6 Å². The summed E-state index contributed by atoms with van der Waals surface area (Å²) >= 11 is 0. The van der Waals surface area contributed by atoms with E-state index in [0.717, 1.165) is 18.6 Å². The van der Waals surface area contributed by atoms with Gasteiger partial charge in [0.25, 0.3) is 0 Å². The van der Waals surface area contributed by atoms with E-state index in [-0.39, 0.29) is 5.69 Å². The highest BCUT2D eigenvalue weighted by Gasteiger charge is 2.15. The van der Waals surface area contributed by atoms with Crippen LogP contribution in [0.4, 0.5) is 0 Å². The van der Waals surface area contributed by atoms with Crippen LogP contribution in [0.1, 0.15) is 33.7 Å². The summed E-state index contributed by atoms with van der Waals surface area (Å²) in [6, 6.07) is 6.21. The van der Waals surface area contributed by atoms with Gasteiger partial charge < -0.3 is 9.84 Å². The van der Waals surface area contributed by atoms with Gasteiger partial charge in [-0.1, -0.05) is 11.3 Å². The molecule has 2 aromatic rings. The summed E-state index contributed by atoms with van der Waals surface area (Å²) in [4.78, 5) is 10.9. The van der Waals surface area contributed by atoms with Gasteiger partial charge in [-0.2, -0.15) is 0 Å². The topological polar surface area (TPSA) is 77.2 Å². The Morgan fingerprint density at radius 3 is 2.95 bits per heavy atom. The number of benzene rings is 1. The lowest BCUT2D eigenvalue weighted by atomic mass is 10.1. The van der Waals surface area contributed by atoms with Crippen molar-refractivity contribution in [1.29, 1.82) is 0 Å². The third-order valence-electron chi connectivity index (χ3n) is 3.83. The first-order valence-electron chi connectivity index (χ1n) is 7.03. The van der Waals surface area contributed by atoms with E-state index in [1.165, 1.54) is 17.5 Å². The Morgan fingerprint density at radius 2 is 2.19 bits per heavy atom. The second-order valence-corrected chi connectivity index (χ2v) is 5.18. The smallest absolute Gasteiger partial charge is 0.358 e. The van der Waals surface area contributed by atoms with Crippen LogP contribution in [0.3, 0.4) is 0 Å². The van der Waals surface area contributed by atoms with E-state index >= 15 is 0 Å². The third kappa shape index (κ3) is 2.74. The van der Waals surface area contributed by atoms with E-state index in [9.17, 15) is 4.79 Å². The predicted octanol–water partition coefficient (Wildman–Crippen LogP) is 1.85. The standard InChI is InChI=1S/C15H17N3O3/c1-10-14(15(19)20)16-17-18(10)7-8-21-13-6-5-11-3-2-4-12(11)9-13/h5-6,9H,2-4,7-8H2,1H3,(H,19,20). The maximum absolute atomic E-state index is 10.9. The molecule has 6 nitrogen and oxygen atoms in total. The molecule has 0 amide bonds. The van der Waals surface area contributed by atoms with Crippen molar-refractivity contribution in [2.24, 2.45) is 0 Å². The minimum atomic E-state index is -1.06. The van der Waals surface area contributed by atoms with Gasteiger partial charge in [-0.25, -0.2) is 9.48 Å². The van der Waals surface area contributed by atoms with E-state index in [1.54, 1.807) is 11.6 Å². The van der Waals surface area contributed by atoms with Gasteiger partial charge in [0.15, 0.2) is 5.69 Å². The monoisotopic (exact) mass is 287 g/mol. The summed E-state index contributed by atoms with van der Waals surface area (Å²) < 4.78 is 7.28. The van der Waals surface area contributed by atoms with Crippen molar-refractivity contribution in [3.63, 3.8) is 0 Å². The maximum atomic E-state index is 10.9. The Balaban J connectivity index is 1.60. The number of aromatic carboxylic acids is 1. The first-order chi connectivity index (χ1) is 10.1. The second-order valence-electron chi connectivity index (χ2n) is 5.18. The van der Waals surface area contributed by atoms with Gasteiger partial charge >= 0.3 is 5.97 Å². The fourth-order valence-electron chi connectivity index (χ4n) is 2.66. The minimum absolute atomic E-state index is 0.00692. The lowest BCUT2D eigenvalue weighted by Crippen LogP contribution is -2.11. The molecule has 0 radical (unpaired) electrons. The van der Waals surface area contributed by atoms with E-state index in [2.05, 4.69) is 22.4 Å². The van der Waals surface area contributed by atoms with Crippen LogP contribution >= 0.6 is 0 Å². The summed E-state index contributed by atoms with van der Waals surface area (Å²) in [6.45, 7) is 2.60. The largest absolute Gasteiger partial charge is 0.492 e. The molecule has 110 valence electrons. The summed E-state index contributed by atoms with van der Waals surface area (Å²) in [5.74, 6) is -0.204. The molecule has 1 aromatic carbocycles. The molecule has 0 fully saturated rings. The zero-order chi connectivity index (χ0) is 14.8. The third-order valence-corrected chi connectivity index (χ3v) is 3.83. The highest BCUT2D eigenvalue weighted by molar-refractivity contribution is 5.86. The first-order valence-corrected chi connectivity index (χ1v) is 7.03. The van der Waals surface area contributed by atoms with E-state index in [4.69, 9.17) is 9.84 Å². The van der Waals surface area contributed by atoms with E-state index in [0.29, 0.717) is 18.8 Å². The van der Waals surface area contributed by atoms with Crippen LogP contribution in [0.5, 0.6) is 5.75 Å². The van der Waals surface area contributed by atoms with Gasteiger partial charge in [0.05, 0.1) is 12.2 Å². The second kappa shape index (κ2) is 5.55. The Labute approximate surface area is 122 Å². The number of hydrogen-bond acceptors (Lipinski definition) is 4. The Morgan fingerprint density at radius 1 is 1.38 bits per heavy atom. The van der Waals surface area contributed by atoms with Crippen molar-refractivity contribution >= 4 is 5.97 Å². The van der Waals surface area contributed by atoms with Gasteiger partial charge in [-0.3, -0.25) is 0 Å². The van der Waals surface area contributed by atoms with Crippen molar-refractivity contribution in [2.45, 2.75) is 32.7 Å². The van der Waals surface area contributed by atoms with E-state index < -0.39 is 5.97 Å². The molecule has 6 heteroatoms. The number of carbonyl (C=O) groups is 1. The number of carboxylic acids is 1. The molecule has 0 spiro atoms. The number of fused-ring (bicyclic) bond motifs is 1. The molecular weight excluding hydrogens is 270 g/mol. The quantitative estimate of drug-likeness (QED) is 0.908. The SMILES string of the molecule is Cc1c(C(=O)O)nnn1CCOc1ccc2c(c1)CCC2. The molecule has 1 aliphatic carbocycles. The van der Waals surface area contributed by atoms with Crippen molar-refractivity contribution in [3.05, 3.63) is 40.7 Å². The number of aromatic nitrogens is 3. The summed E-state index contributed by atoms with van der Waals surface area (Å²) in [6.07, 6.45) is 3.50. The predicted molar refractivity (Wildman–Crippen MR) is 75.7 cm³/mol. The molecule has 0 atom stereocenters. The lowest BCUT2D eigenvalue weighted by molar-refractivity contribution is 0.0689. The molecule has 0 saturated carbocycles. The summed E-state index contributed by atoms with van der Waals surface area (Å²) in [5.41, 5.74) is 3.32. The fourth-order valence-corrected chi connectivity index (χ4v) is 2.66. The molecule has 3 rings (SSSR count). The number of ether oxygens (including phenoxy) is 1. The lowest BCUT2D eigenvalue weighted by Gasteiger charge is -2.08. The number of hydrogen-bond donors (Lipinski definition) is 1. The Hall–Kier alpha value is -2.37. The molecule has 0 aliphatic heterocycles. The van der Waals surface area contributed by atoms with Crippen molar-refractivity contribution in [2.75, 3.05) is 6.61 Å². The van der Waals surface area contributed by atoms with Gasteiger partial charge in [0.2, 0.25) is 0 Å². The maximum Gasteiger partial charge on any atom is 0.358 e. The molecule has 0 bridgehead atoms. The summed E-state index contributed by atoms with van der Waals surface area (Å²) in [5, 5.41) is 16.4. The van der Waals surface area contributed by atoms with Gasteiger partial charge in [0.1, 0.15) is 12.4 Å². The summed E-state index contributed by atoms with van der Waals surface area (Å²) in [7, 11) is 0. The molecule has 21 heavy (non-hydrogen) atoms. The van der Waals surface area contributed by atoms with Crippen LogP contribution in [0.25, 0.3) is 0 Å². The Bertz CT molecular complexity index is 679. The molecule has 1 N–H and O–H groups in total. The average molecular weight is 287 g/mol. The van der Waals surface area contributed by atoms with Crippen molar-refractivity contribution in [1.82, 2.24) is 15.0 Å². The number of rotatable bonds is 5. The van der Waals surface area contributed by atoms with Crippen LogP contribution in [-0.2, 0) is 19.4 Å². The van der Waals surface area contributed by atoms with Crippen LogP contribution in [0, 0.1) is 6.92 Å². The minimum Gasteiger partial charge on any atom is -0.492 e. The molecule has 1 aliphatic rings. The number of carboxylic acid groups (broad SMARTS) is 1. The fraction of sp³-hybridized carbons (Fsp3) is 0.400. The zero-order valence-electron chi connectivity index (χ0n) is 11.9. The van der Waals surface area contributed by atoms with Crippen LogP contribution in [0.15, 0.2) is 18.2 Å². The van der Waals surface area contributed by atoms with Gasteiger partial charge in [0, 0.05) is 0 Å². The highest BCUT2D eigenvalue weighted by Crippen LogP contribution is 2.25. The van der Waals surface area contributed by atoms with Crippen molar-refractivity contribution in [3.8, 4) is 5.75 Å². The number of nitrogens with zero attached hydrogens (tertiary/aromatic N) is 3. The van der Waals surface area contributed by atoms with Gasteiger partial charge in [-0.05, 0) is 49.4 Å². The average Bonchev–Trinajstić information content (AvgIpc) is 3.05. The van der Waals surface area contributed by atoms with Crippen LogP contribution in [-0.4, -0.2) is 32.7 Å². The highest BCUT2D eigenvalue weighted by atomic mass is 16.5. The molecule has 0 unspecified atom stereocenters. The molecule has 1 aromatic heterocycles. The normalized spacial score (nSPS) is 13.2. The molecule has 0 saturated heterocycles. The molecular formula is C15H17N3O3.